The van der Waals surface area contributed by atoms with Gasteiger partial charge in [0, 0.05) is 105 Å². The Kier molecular flexibility index (Phi) is 23.6. The van der Waals surface area contributed by atoms with Crippen molar-refractivity contribution in [2.75, 3.05) is 0 Å². The Morgan fingerprint density at radius 3 is 0.783 bits per heavy atom. The number of aliphatic hydroxyl groups excluding tert-OH is 1. The van der Waals surface area contributed by atoms with Gasteiger partial charge in [0.2, 0.25) is 11.4 Å². The topological polar surface area (TPSA) is 309 Å². The lowest BCUT2D eigenvalue weighted by Gasteiger charge is -2.18. The molecule has 0 saturated carbocycles. The number of para-hydroxylation sites is 4. The fraction of sp³-hybridized carbons (Fsp3) is 0.128. The first-order valence-electron chi connectivity index (χ1n) is 33.7. The molecule has 2 aliphatic carbocycles. The number of nitrogens with zero attached hydrogens (tertiary/aromatic N) is 2. The molecule has 0 saturated heterocycles. The highest BCUT2D eigenvalue weighted by Gasteiger charge is 2.24. The number of aryl methyl sites for hydroxylation is 2. The van der Waals surface area contributed by atoms with Crippen LogP contribution in [0.3, 0.4) is 0 Å². The van der Waals surface area contributed by atoms with E-state index in [0.717, 1.165) is 51.0 Å². The molecule has 10 aromatic carbocycles. The smallest absolute Gasteiger partial charge is 0.425 e. The summed E-state index contributed by atoms with van der Waals surface area (Å²) in [6, 6.07) is 61.4. The molecule has 9 N–H and O–H groups in total. The minimum atomic E-state index is -3.11. The van der Waals surface area contributed by atoms with Gasteiger partial charge in [-0.1, -0.05) is 132 Å². The molecular formula is C86H74N2O16S2+2. The molecule has 0 aliphatic heterocycles. The van der Waals surface area contributed by atoms with Crippen LogP contribution in [0, 0.1) is 13.8 Å². The van der Waals surface area contributed by atoms with Crippen molar-refractivity contribution in [2.45, 2.75) is 71.8 Å². The molecule has 534 valence electrons. The summed E-state index contributed by atoms with van der Waals surface area (Å²) in [4.78, 5) is 11.9. The third-order valence-electron chi connectivity index (χ3n) is 18.5. The molecule has 0 spiro atoms. The van der Waals surface area contributed by atoms with E-state index in [1.807, 2.05) is 215 Å². The van der Waals surface area contributed by atoms with Crippen molar-refractivity contribution in [3.05, 3.63) is 352 Å². The number of aromatic hydroxyl groups is 8. The van der Waals surface area contributed by atoms with Gasteiger partial charge < -0.3 is 46.0 Å². The summed E-state index contributed by atoms with van der Waals surface area (Å²) in [5, 5.41) is 102. The van der Waals surface area contributed by atoms with Crippen LogP contribution in [-0.4, -0.2) is 77.5 Å². The van der Waals surface area contributed by atoms with Gasteiger partial charge in [-0.05, 0) is 179 Å². The maximum atomic E-state index is 11.9. The number of benzene rings is 10. The molecule has 106 heavy (non-hydrogen) atoms. The number of aromatic nitrogens is 2. The van der Waals surface area contributed by atoms with Crippen LogP contribution in [0.15, 0.2) is 219 Å². The first kappa shape index (κ1) is 74.4. The second kappa shape index (κ2) is 33.6. The number of rotatable bonds is 8. The van der Waals surface area contributed by atoms with E-state index in [0.29, 0.717) is 100 Å². The van der Waals surface area contributed by atoms with E-state index in [-0.39, 0.29) is 104 Å². The maximum Gasteiger partial charge on any atom is 0.425 e. The monoisotopic (exact) mass is 1450 g/mol. The van der Waals surface area contributed by atoms with Gasteiger partial charge in [0.25, 0.3) is 0 Å². The van der Waals surface area contributed by atoms with Crippen LogP contribution in [0.5, 0.6) is 46.0 Å². The number of aliphatic hydroxyl groups is 1. The summed E-state index contributed by atoms with van der Waals surface area (Å²) in [6.45, 7) is 3.69. The Morgan fingerprint density at radius 2 is 0.519 bits per heavy atom. The van der Waals surface area contributed by atoms with E-state index >= 15 is 0 Å². The average Bonchev–Trinajstić information content (AvgIpc) is 0.788. The highest BCUT2D eigenvalue weighted by Crippen LogP contribution is 2.42. The second-order valence-corrected chi connectivity index (χ2v) is 26.9. The Bertz CT molecular complexity index is 5580. The van der Waals surface area contributed by atoms with Gasteiger partial charge in [0.1, 0.15) is 52.3 Å². The average molecular weight is 1460 g/mol. The van der Waals surface area contributed by atoms with Gasteiger partial charge in [0.05, 0.1) is 6.61 Å². The lowest BCUT2D eigenvalue weighted by atomic mass is 9.89. The van der Waals surface area contributed by atoms with E-state index in [2.05, 4.69) is 21.3 Å². The van der Waals surface area contributed by atoms with Crippen LogP contribution >= 0.6 is 0 Å². The fourth-order valence-electron chi connectivity index (χ4n) is 13.6. The molecule has 0 radical (unpaired) electrons. The van der Waals surface area contributed by atoms with Gasteiger partial charge in [-0.3, -0.25) is 4.79 Å². The molecule has 2 heterocycles. The van der Waals surface area contributed by atoms with Gasteiger partial charge in [-0.15, -0.1) is 25.3 Å². The van der Waals surface area contributed by atoms with Gasteiger partial charge in [0.15, 0.2) is 24.8 Å². The van der Waals surface area contributed by atoms with E-state index < -0.39 is 21.2 Å². The van der Waals surface area contributed by atoms with Crippen LogP contribution in [-0.2, 0) is 79.2 Å². The second-order valence-electron chi connectivity index (χ2n) is 26.1. The fourth-order valence-corrected chi connectivity index (χ4v) is 13.6. The Morgan fingerprint density at radius 1 is 0.292 bits per heavy atom. The molecule has 2 aliphatic rings. The first-order valence-corrected chi connectivity index (χ1v) is 35.7. The van der Waals surface area contributed by atoms with Crippen LogP contribution in [0.2, 0.25) is 0 Å². The number of hydrogen-bond acceptors (Lipinski definition) is 16. The van der Waals surface area contributed by atoms with Gasteiger partial charge in [-0.25, -0.2) is 0 Å². The van der Waals surface area contributed by atoms with Crippen LogP contribution in [0.1, 0.15) is 138 Å². The molecule has 0 atom stereocenters. The van der Waals surface area contributed by atoms with Crippen molar-refractivity contribution in [1.29, 1.82) is 0 Å². The van der Waals surface area contributed by atoms with Crippen molar-refractivity contribution >= 4 is 51.8 Å². The number of phenols is 8. The Balaban J connectivity index is 0.000000192. The van der Waals surface area contributed by atoms with Gasteiger partial charge >= 0.3 is 21.2 Å². The summed E-state index contributed by atoms with van der Waals surface area (Å²) in [5.74, 6) is 0.686. The molecule has 16 bridgehead atoms. The highest BCUT2D eigenvalue weighted by atomic mass is 32.2. The third-order valence-corrected chi connectivity index (χ3v) is 18.5. The van der Waals surface area contributed by atoms with Crippen LogP contribution in [0.25, 0.3) is 35.7 Å². The van der Waals surface area contributed by atoms with E-state index in [1.54, 1.807) is 30.3 Å². The molecular weight excluding hydrogens is 1380 g/mol. The first-order chi connectivity index (χ1) is 51.0. The molecule has 20 heteroatoms. The number of carbonyl (C=O) groups is 1. The van der Waals surface area contributed by atoms with Crippen molar-refractivity contribution in [3.8, 4) is 57.4 Å². The number of hydrogen-bond donors (Lipinski definition) is 9. The predicted molar refractivity (Wildman–Crippen MR) is 401 cm³/mol. The summed E-state index contributed by atoms with van der Waals surface area (Å²) in [7, 11) is -6.22. The van der Waals surface area contributed by atoms with E-state index in [4.69, 9.17) is 25.3 Å². The third kappa shape index (κ3) is 18.4. The Labute approximate surface area is 615 Å². The lowest BCUT2D eigenvalue weighted by molar-refractivity contribution is -0.596. The quantitative estimate of drug-likeness (QED) is 0.0504. The lowest BCUT2D eigenvalue weighted by Crippen LogP contribution is -2.28. The van der Waals surface area contributed by atoms with Crippen LogP contribution < -0.4 is 9.13 Å². The number of aldehydes is 1. The number of pyridine rings is 2. The molecule has 2 aromatic heterocycles. The molecule has 12 aromatic rings. The molecule has 0 fully saturated rings. The summed E-state index contributed by atoms with van der Waals surface area (Å²) < 4.78 is 54.8. The Hall–Kier alpha value is -12.8. The summed E-state index contributed by atoms with van der Waals surface area (Å²) >= 11 is 0. The zero-order valence-corrected chi connectivity index (χ0v) is 59.3. The largest absolute Gasteiger partial charge is 0.507 e. The molecule has 0 unspecified atom stereocenters. The maximum absolute atomic E-state index is 11.9. The number of fused-ring (bicyclic) bond motifs is 16. The molecule has 0 amide bonds. The standard InChI is InChI=1S/C43H37NO5.C43H35NO5.2O3S/c2*1-27-16-33-24-36-19-29(11-10-28-12-14-44(15-13-28)39-8-3-2-4-9-39)18-35(42(36)48)22-31-6-5-7-32(40(31)46)23-37-20-30(26-45)21-38(43(37)49)25-34(17-27)41(33)47;2*1-4(2)3/h2-21,45-47,49H,22-26H2,1H3;2-21,26H,22-25H2,1H3,(H3,45,46,47,49);;/p+2. The van der Waals surface area contributed by atoms with Crippen molar-refractivity contribution in [1.82, 2.24) is 0 Å². The van der Waals surface area contributed by atoms with E-state index in [1.165, 1.54) is 0 Å². The minimum absolute atomic E-state index is 0.0255. The van der Waals surface area contributed by atoms with Crippen LogP contribution in [0.4, 0.5) is 0 Å². The normalized spacial score (nSPS) is 12.1. The summed E-state index contributed by atoms with van der Waals surface area (Å²) in [6.07, 6.45) is 18.8. The number of phenolic OH excluding ortho intramolecular Hbond substituents is 8. The molecule has 18 nitrogen and oxygen atoms in total. The van der Waals surface area contributed by atoms with Crippen molar-refractivity contribution in [3.63, 3.8) is 0 Å². The van der Waals surface area contributed by atoms with E-state index in [9.17, 15) is 50.8 Å². The molecule has 14 rings (SSSR count). The zero-order valence-electron chi connectivity index (χ0n) is 57.6. The zero-order chi connectivity index (χ0) is 75.3. The summed E-state index contributed by atoms with van der Waals surface area (Å²) in [5.41, 5.74) is 18.5. The number of carbonyl (C=O) groups excluding carboxylic acids is 1. The SMILES string of the molecule is Cc1cc2c(O)c(c1)Cc1cc(/C=C/c3cc[n+](-c4ccccc4)cc3)cc(c1O)Cc1cccc(c1O)Cc1cc(C=O)cc(c1O)C2.Cc1cc2c(O)c(c1)Cc1cc(CO)cc(c1O)Cc1cccc(c1O)Cc1cc(/C=C/c3cc[n+](-c4ccccc4)cc3)cc(c1O)C2.O=S(=O)=O.O=S(=O)=O. The highest BCUT2D eigenvalue weighted by molar-refractivity contribution is 7.59. The van der Waals surface area contributed by atoms with Crippen molar-refractivity contribution in [2.24, 2.45) is 0 Å². The minimum Gasteiger partial charge on any atom is -0.507 e. The van der Waals surface area contributed by atoms with Crippen molar-refractivity contribution < 1.29 is 85.1 Å². The van der Waals surface area contributed by atoms with Gasteiger partial charge in [-0.2, -0.15) is 9.13 Å². The predicted octanol–water partition coefficient (Wildman–Crippen LogP) is 13.2.